The van der Waals surface area contributed by atoms with Crippen LogP contribution >= 0.6 is 0 Å². The third kappa shape index (κ3) is 4.02. The molecule has 2 heterocycles. The topological polar surface area (TPSA) is 94.3 Å². The first-order chi connectivity index (χ1) is 13.0. The predicted octanol–water partition coefficient (Wildman–Crippen LogP) is 2.34. The summed E-state index contributed by atoms with van der Waals surface area (Å²) in [4.78, 5) is 41.3. The SMILES string of the molecule is CCC(C)c1ccccc1N1CC(C(=O)NNC(=O)c2ccc[nH]2)CC1=O. The Bertz CT molecular complexity index is 832. The van der Waals surface area contributed by atoms with E-state index in [9.17, 15) is 14.4 Å². The van der Waals surface area contributed by atoms with Gasteiger partial charge in [0, 0.05) is 24.8 Å². The second-order valence-electron chi connectivity index (χ2n) is 6.80. The zero-order valence-electron chi connectivity index (χ0n) is 15.5. The van der Waals surface area contributed by atoms with Gasteiger partial charge in [0.15, 0.2) is 0 Å². The van der Waals surface area contributed by atoms with Gasteiger partial charge in [-0.3, -0.25) is 25.2 Å². The molecule has 0 spiro atoms. The Morgan fingerprint density at radius 2 is 2.00 bits per heavy atom. The summed E-state index contributed by atoms with van der Waals surface area (Å²) < 4.78 is 0. The maximum atomic E-state index is 12.5. The Kier molecular flexibility index (Phi) is 5.59. The van der Waals surface area contributed by atoms with Crippen molar-refractivity contribution < 1.29 is 14.4 Å². The molecule has 2 atom stereocenters. The lowest BCUT2D eigenvalue weighted by Crippen LogP contribution is -2.45. The zero-order valence-corrected chi connectivity index (χ0v) is 15.5. The number of hydrogen-bond acceptors (Lipinski definition) is 3. The summed E-state index contributed by atoms with van der Waals surface area (Å²) in [5.74, 6) is -1.07. The minimum atomic E-state index is -0.508. The molecule has 7 heteroatoms. The number of carbonyl (C=O) groups excluding carboxylic acids is 3. The average molecular weight is 368 g/mol. The van der Waals surface area contributed by atoms with E-state index < -0.39 is 11.8 Å². The van der Waals surface area contributed by atoms with Crippen LogP contribution in [0.3, 0.4) is 0 Å². The molecule has 3 rings (SSSR count). The fourth-order valence-corrected chi connectivity index (χ4v) is 3.25. The van der Waals surface area contributed by atoms with E-state index >= 15 is 0 Å². The number of nitrogens with one attached hydrogen (secondary N) is 3. The van der Waals surface area contributed by atoms with E-state index in [-0.39, 0.29) is 18.2 Å². The van der Waals surface area contributed by atoms with Crippen LogP contribution in [0, 0.1) is 5.92 Å². The number of aromatic nitrogens is 1. The second kappa shape index (κ2) is 8.07. The number of amides is 3. The van der Waals surface area contributed by atoms with Crippen LogP contribution in [0.2, 0.25) is 0 Å². The van der Waals surface area contributed by atoms with Crippen molar-refractivity contribution in [2.75, 3.05) is 11.4 Å². The molecule has 1 saturated heterocycles. The van der Waals surface area contributed by atoms with E-state index in [1.54, 1.807) is 23.2 Å². The number of rotatable bonds is 5. The fourth-order valence-electron chi connectivity index (χ4n) is 3.25. The summed E-state index contributed by atoms with van der Waals surface area (Å²) >= 11 is 0. The van der Waals surface area contributed by atoms with Crippen molar-refractivity contribution in [1.29, 1.82) is 0 Å². The molecule has 0 radical (unpaired) electrons. The van der Waals surface area contributed by atoms with Crippen LogP contribution in [0.5, 0.6) is 0 Å². The quantitative estimate of drug-likeness (QED) is 0.707. The number of carbonyl (C=O) groups is 3. The molecule has 27 heavy (non-hydrogen) atoms. The number of aromatic amines is 1. The Morgan fingerprint density at radius 3 is 2.70 bits per heavy atom. The van der Waals surface area contributed by atoms with E-state index in [0.717, 1.165) is 17.7 Å². The molecule has 2 unspecified atom stereocenters. The largest absolute Gasteiger partial charge is 0.357 e. The molecule has 1 aliphatic rings. The summed E-state index contributed by atoms with van der Waals surface area (Å²) in [6, 6.07) is 11.1. The number of para-hydroxylation sites is 1. The highest BCUT2D eigenvalue weighted by Gasteiger charge is 2.36. The van der Waals surface area contributed by atoms with Crippen LogP contribution in [0.15, 0.2) is 42.6 Å². The van der Waals surface area contributed by atoms with E-state index in [1.165, 1.54) is 0 Å². The Balaban J connectivity index is 1.65. The van der Waals surface area contributed by atoms with Gasteiger partial charge in [0.25, 0.3) is 5.91 Å². The highest BCUT2D eigenvalue weighted by atomic mass is 16.2. The molecule has 3 amide bonds. The Hall–Kier alpha value is -3.09. The number of nitrogens with zero attached hydrogens (tertiary/aromatic N) is 1. The molecule has 1 fully saturated rings. The minimum Gasteiger partial charge on any atom is -0.357 e. The summed E-state index contributed by atoms with van der Waals surface area (Å²) in [5, 5.41) is 0. The lowest BCUT2D eigenvalue weighted by molar-refractivity contribution is -0.126. The van der Waals surface area contributed by atoms with Crippen LogP contribution in [-0.4, -0.2) is 29.3 Å². The molecular weight excluding hydrogens is 344 g/mol. The van der Waals surface area contributed by atoms with Crippen molar-refractivity contribution in [2.24, 2.45) is 5.92 Å². The van der Waals surface area contributed by atoms with Gasteiger partial charge >= 0.3 is 0 Å². The first-order valence-corrected chi connectivity index (χ1v) is 9.14. The smallest absolute Gasteiger partial charge is 0.286 e. The van der Waals surface area contributed by atoms with Gasteiger partial charge in [0.2, 0.25) is 11.8 Å². The monoisotopic (exact) mass is 368 g/mol. The third-order valence-corrected chi connectivity index (χ3v) is 5.01. The molecule has 1 aromatic carbocycles. The maximum absolute atomic E-state index is 12.5. The van der Waals surface area contributed by atoms with Crippen molar-refractivity contribution >= 4 is 23.4 Å². The Labute approximate surface area is 158 Å². The molecule has 1 aliphatic heterocycles. The molecule has 142 valence electrons. The number of H-pyrrole nitrogens is 1. The predicted molar refractivity (Wildman–Crippen MR) is 102 cm³/mol. The van der Waals surface area contributed by atoms with E-state index in [0.29, 0.717) is 18.2 Å². The number of hydrogen-bond donors (Lipinski definition) is 3. The van der Waals surface area contributed by atoms with Gasteiger partial charge in [-0.25, -0.2) is 0 Å². The molecule has 0 aliphatic carbocycles. The van der Waals surface area contributed by atoms with Crippen molar-refractivity contribution in [3.63, 3.8) is 0 Å². The van der Waals surface area contributed by atoms with Gasteiger partial charge in [0.1, 0.15) is 5.69 Å². The molecule has 0 saturated carbocycles. The van der Waals surface area contributed by atoms with E-state index in [2.05, 4.69) is 29.7 Å². The van der Waals surface area contributed by atoms with Crippen LogP contribution in [-0.2, 0) is 9.59 Å². The van der Waals surface area contributed by atoms with Gasteiger partial charge in [-0.1, -0.05) is 32.0 Å². The molecule has 2 aromatic rings. The highest BCUT2D eigenvalue weighted by Crippen LogP contribution is 2.33. The van der Waals surface area contributed by atoms with Crippen molar-refractivity contribution in [3.05, 3.63) is 53.9 Å². The highest BCUT2D eigenvalue weighted by molar-refractivity contribution is 6.01. The average Bonchev–Trinajstić information content (AvgIpc) is 3.35. The van der Waals surface area contributed by atoms with Crippen LogP contribution < -0.4 is 15.8 Å². The maximum Gasteiger partial charge on any atom is 0.286 e. The van der Waals surface area contributed by atoms with Crippen molar-refractivity contribution in [1.82, 2.24) is 15.8 Å². The lowest BCUT2D eigenvalue weighted by atomic mass is 9.96. The number of hydrazine groups is 1. The summed E-state index contributed by atoms with van der Waals surface area (Å²) in [6.07, 6.45) is 2.71. The van der Waals surface area contributed by atoms with Gasteiger partial charge in [-0.05, 0) is 36.1 Å². The summed E-state index contributed by atoms with van der Waals surface area (Å²) in [5.41, 5.74) is 7.11. The molecular formula is C20H24N4O3. The molecule has 1 aromatic heterocycles. The molecule has 0 bridgehead atoms. The van der Waals surface area contributed by atoms with Gasteiger partial charge in [0.05, 0.1) is 5.92 Å². The normalized spacial score (nSPS) is 17.6. The third-order valence-electron chi connectivity index (χ3n) is 5.01. The van der Waals surface area contributed by atoms with Gasteiger partial charge in [-0.15, -0.1) is 0 Å². The van der Waals surface area contributed by atoms with E-state index in [4.69, 9.17) is 0 Å². The van der Waals surface area contributed by atoms with Crippen LogP contribution in [0.25, 0.3) is 0 Å². The standard InChI is InChI=1S/C20H24N4O3/c1-3-13(2)15-7-4-5-9-17(15)24-12-14(11-18(24)25)19(26)22-23-20(27)16-8-6-10-21-16/h4-10,13-14,21H,3,11-12H2,1-2H3,(H,22,26)(H,23,27). The molecule has 7 nitrogen and oxygen atoms in total. The minimum absolute atomic E-state index is 0.0819. The fraction of sp³-hybridized carbons (Fsp3) is 0.350. The lowest BCUT2D eigenvalue weighted by Gasteiger charge is -2.23. The van der Waals surface area contributed by atoms with Crippen molar-refractivity contribution in [3.8, 4) is 0 Å². The summed E-state index contributed by atoms with van der Waals surface area (Å²) in [6.45, 7) is 4.53. The second-order valence-corrected chi connectivity index (χ2v) is 6.80. The van der Waals surface area contributed by atoms with Crippen molar-refractivity contribution in [2.45, 2.75) is 32.6 Å². The van der Waals surface area contributed by atoms with Crippen LogP contribution in [0.4, 0.5) is 5.69 Å². The first-order valence-electron chi connectivity index (χ1n) is 9.14. The van der Waals surface area contributed by atoms with E-state index in [1.807, 2.05) is 24.3 Å². The number of anilines is 1. The van der Waals surface area contributed by atoms with Crippen LogP contribution in [0.1, 0.15) is 48.7 Å². The number of benzene rings is 1. The zero-order chi connectivity index (χ0) is 19.4. The molecule has 3 N–H and O–H groups in total. The summed E-state index contributed by atoms with van der Waals surface area (Å²) in [7, 11) is 0. The Morgan fingerprint density at radius 1 is 1.22 bits per heavy atom. The van der Waals surface area contributed by atoms with Gasteiger partial charge in [-0.2, -0.15) is 0 Å². The first kappa shape index (κ1) is 18.7. The van der Waals surface area contributed by atoms with Gasteiger partial charge < -0.3 is 9.88 Å².